The molecule has 1 aromatic carbocycles. The molecular formula is C20H19FN4OS2. The summed E-state index contributed by atoms with van der Waals surface area (Å²) < 4.78 is 17.1. The number of fused-ring (bicyclic) bond motifs is 3. The van der Waals surface area contributed by atoms with Gasteiger partial charge in [0.05, 0.1) is 26.7 Å². The van der Waals surface area contributed by atoms with E-state index in [0.29, 0.717) is 11.4 Å². The van der Waals surface area contributed by atoms with Crippen LogP contribution >= 0.6 is 23.1 Å². The Morgan fingerprint density at radius 3 is 2.82 bits per heavy atom. The molecule has 0 bridgehead atoms. The van der Waals surface area contributed by atoms with Crippen molar-refractivity contribution < 1.29 is 9.18 Å². The van der Waals surface area contributed by atoms with Crippen LogP contribution < -0.4 is 5.32 Å². The zero-order chi connectivity index (χ0) is 19.7. The number of benzene rings is 1. The molecule has 144 valence electrons. The third-order valence-electron chi connectivity index (χ3n) is 4.52. The molecule has 0 aliphatic heterocycles. The molecule has 0 saturated heterocycles. The van der Waals surface area contributed by atoms with Crippen molar-refractivity contribution in [3.63, 3.8) is 0 Å². The van der Waals surface area contributed by atoms with E-state index in [2.05, 4.69) is 37.4 Å². The zero-order valence-corrected chi connectivity index (χ0v) is 17.1. The number of hydrogen-bond donors (Lipinski definition) is 1. The van der Waals surface area contributed by atoms with Gasteiger partial charge in [0.15, 0.2) is 0 Å². The maximum absolute atomic E-state index is 13.9. The number of hydrogen-bond acceptors (Lipinski definition) is 5. The number of rotatable bonds is 6. The highest BCUT2D eigenvalue weighted by molar-refractivity contribution is 8.00. The number of carbonyl (C=O) groups is 1. The second-order valence-corrected chi connectivity index (χ2v) is 8.43. The first kappa shape index (κ1) is 18.9. The van der Waals surface area contributed by atoms with Gasteiger partial charge in [-0.05, 0) is 36.1 Å². The normalized spacial score (nSPS) is 12.5. The standard InChI is InChI=1S/C20H19FN4OS2/c1-3-16(19(26)22-13-8-6-5-7-12(13)21)28-20-15-11-17-14(9-10-27-17)25(15)18(4-2)23-24-20/h5-11,16H,3-4H2,1-2H3,(H,22,26)/t16-/m0/s1. The van der Waals surface area contributed by atoms with Crippen LogP contribution in [0.4, 0.5) is 10.1 Å². The lowest BCUT2D eigenvalue weighted by atomic mass is 10.2. The van der Waals surface area contributed by atoms with Crippen molar-refractivity contribution in [2.45, 2.75) is 37.0 Å². The van der Waals surface area contributed by atoms with Crippen LogP contribution in [0.15, 0.2) is 46.8 Å². The third kappa shape index (κ3) is 3.38. The average molecular weight is 415 g/mol. The minimum Gasteiger partial charge on any atom is -0.323 e. The van der Waals surface area contributed by atoms with Crippen molar-refractivity contribution >= 4 is 50.4 Å². The number of halogens is 1. The molecule has 0 unspecified atom stereocenters. The summed E-state index contributed by atoms with van der Waals surface area (Å²) in [5.74, 6) is 0.194. The summed E-state index contributed by atoms with van der Waals surface area (Å²) >= 11 is 3.03. The molecule has 4 rings (SSSR count). The number of nitrogens with zero attached hydrogens (tertiary/aromatic N) is 3. The second-order valence-electron chi connectivity index (χ2n) is 6.29. The van der Waals surface area contributed by atoms with E-state index in [4.69, 9.17) is 0 Å². The molecule has 8 heteroatoms. The lowest BCUT2D eigenvalue weighted by Crippen LogP contribution is -2.25. The monoisotopic (exact) mass is 414 g/mol. The van der Waals surface area contributed by atoms with Crippen molar-refractivity contribution in [2.24, 2.45) is 0 Å². The van der Waals surface area contributed by atoms with Gasteiger partial charge in [-0.25, -0.2) is 4.39 Å². The molecule has 0 fully saturated rings. The molecule has 0 aliphatic rings. The van der Waals surface area contributed by atoms with Crippen molar-refractivity contribution in [1.29, 1.82) is 0 Å². The Bertz CT molecular complexity index is 1150. The topological polar surface area (TPSA) is 59.3 Å². The van der Waals surface area contributed by atoms with Crippen LogP contribution in [0.5, 0.6) is 0 Å². The van der Waals surface area contributed by atoms with Gasteiger partial charge in [0.2, 0.25) is 5.91 Å². The first-order valence-electron chi connectivity index (χ1n) is 9.08. The summed E-state index contributed by atoms with van der Waals surface area (Å²) in [6, 6.07) is 10.3. The Balaban J connectivity index is 1.66. The lowest BCUT2D eigenvalue weighted by Gasteiger charge is -2.15. The Kier molecular flexibility index (Phi) is 5.32. The fourth-order valence-electron chi connectivity index (χ4n) is 3.11. The van der Waals surface area contributed by atoms with Gasteiger partial charge in [0, 0.05) is 6.42 Å². The number of nitrogens with one attached hydrogen (secondary N) is 1. The molecule has 0 aliphatic carbocycles. The maximum atomic E-state index is 13.9. The van der Waals surface area contributed by atoms with Gasteiger partial charge >= 0.3 is 0 Å². The van der Waals surface area contributed by atoms with E-state index in [1.165, 1.54) is 17.8 Å². The largest absolute Gasteiger partial charge is 0.323 e. The first-order chi connectivity index (χ1) is 13.6. The van der Waals surface area contributed by atoms with Crippen molar-refractivity contribution in [2.75, 3.05) is 5.32 Å². The highest BCUT2D eigenvalue weighted by Crippen LogP contribution is 2.34. The quantitative estimate of drug-likeness (QED) is 0.443. The SMILES string of the molecule is CCc1nnc(S[C@@H](CC)C(=O)Nc2ccccc2F)c2cc3sccc3n12. The molecule has 1 atom stereocenters. The predicted molar refractivity (Wildman–Crippen MR) is 113 cm³/mol. The molecule has 0 spiro atoms. The van der Waals surface area contributed by atoms with Crippen molar-refractivity contribution in [1.82, 2.24) is 14.6 Å². The number of anilines is 1. The van der Waals surface area contributed by atoms with Gasteiger partial charge in [0.1, 0.15) is 16.7 Å². The molecule has 0 saturated carbocycles. The van der Waals surface area contributed by atoms with Gasteiger partial charge in [-0.3, -0.25) is 9.20 Å². The summed E-state index contributed by atoms with van der Waals surface area (Å²) in [4.78, 5) is 12.7. The third-order valence-corrected chi connectivity index (χ3v) is 6.72. The van der Waals surface area contributed by atoms with Crippen molar-refractivity contribution in [3.05, 3.63) is 53.4 Å². The molecule has 1 amide bonds. The summed E-state index contributed by atoms with van der Waals surface area (Å²) in [6.45, 7) is 3.98. The summed E-state index contributed by atoms with van der Waals surface area (Å²) in [5.41, 5.74) is 2.25. The molecule has 4 aromatic rings. The van der Waals surface area contributed by atoms with Gasteiger partial charge in [0.25, 0.3) is 0 Å². The Hall–Kier alpha value is -2.45. The van der Waals surface area contributed by atoms with E-state index in [1.54, 1.807) is 29.5 Å². The smallest absolute Gasteiger partial charge is 0.237 e. The van der Waals surface area contributed by atoms with Gasteiger partial charge < -0.3 is 5.32 Å². The lowest BCUT2D eigenvalue weighted by molar-refractivity contribution is -0.115. The van der Waals surface area contributed by atoms with Crippen LogP contribution in [-0.2, 0) is 11.2 Å². The van der Waals surface area contributed by atoms with E-state index in [-0.39, 0.29) is 11.6 Å². The average Bonchev–Trinajstić information content (AvgIpc) is 3.29. The van der Waals surface area contributed by atoms with Crippen LogP contribution in [0.2, 0.25) is 0 Å². The zero-order valence-electron chi connectivity index (χ0n) is 15.5. The summed E-state index contributed by atoms with van der Waals surface area (Å²) in [6.07, 6.45) is 1.35. The van der Waals surface area contributed by atoms with Crippen LogP contribution in [0.3, 0.4) is 0 Å². The number of amides is 1. The first-order valence-corrected chi connectivity index (χ1v) is 10.8. The van der Waals surface area contributed by atoms with Gasteiger partial charge in [-0.15, -0.1) is 21.5 Å². The second kappa shape index (κ2) is 7.89. The van der Waals surface area contributed by atoms with E-state index in [0.717, 1.165) is 28.0 Å². The van der Waals surface area contributed by atoms with Crippen LogP contribution in [-0.4, -0.2) is 25.8 Å². The van der Waals surface area contributed by atoms with E-state index in [9.17, 15) is 9.18 Å². The number of carbonyl (C=O) groups excluding carboxylic acids is 1. The number of thiophene rings is 1. The number of thioether (sulfide) groups is 1. The van der Waals surface area contributed by atoms with E-state index < -0.39 is 11.1 Å². The fraction of sp³-hybridized carbons (Fsp3) is 0.250. The summed E-state index contributed by atoms with van der Waals surface area (Å²) in [7, 11) is 0. The highest BCUT2D eigenvalue weighted by atomic mass is 32.2. The Labute approximate surface area is 170 Å². The minimum atomic E-state index is -0.447. The Morgan fingerprint density at radius 2 is 2.07 bits per heavy atom. The Morgan fingerprint density at radius 1 is 1.25 bits per heavy atom. The van der Waals surface area contributed by atoms with E-state index in [1.807, 2.05) is 13.8 Å². The predicted octanol–water partition coefficient (Wildman–Crippen LogP) is 5.15. The molecular weight excluding hydrogens is 395 g/mol. The van der Waals surface area contributed by atoms with E-state index >= 15 is 0 Å². The molecule has 5 nitrogen and oxygen atoms in total. The minimum absolute atomic E-state index is 0.187. The van der Waals surface area contributed by atoms with Gasteiger partial charge in [-0.1, -0.05) is 37.7 Å². The van der Waals surface area contributed by atoms with Crippen LogP contribution in [0.1, 0.15) is 26.1 Å². The fourth-order valence-corrected chi connectivity index (χ4v) is 4.87. The molecule has 28 heavy (non-hydrogen) atoms. The maximum Gasteiger partial charge on any atom is 0.237 e. The number of aromatic nitrogens is 3. The highest BCUT2D eigenvalue weighted by Gasteiger charge is 2.23. The molecule has 3 aromatic heterocycles. The van der Waals surface area contributed by atoms with Crippen LogP contribution in [0, 0.1) is 5.82 Å². The van der Waals surface area contributed by atoms with Crippen molar-refractivity contribution in [3.8, 4) is 0 Å². The van der Waals surface area contributed by atoms with Gasteiger partial charge in [-0.2, -0.15) is 0 Å². The molecule has 1 N–H and O–H groups in total. The number of para-hydroxylation sites is 1. The molecule has 3 heterocycles. The molecule has 0 radical (unpaired) electrons. The number of aryl methyl sites for hydroxylation is 1. The van der Waals surface area contributed by atoms with Crippen LogP contribution in [0.25, 0.3) is 15.7 Å². The summed E-state index contributed by atoms with van der Waals surface area (Å²) in [5, 5.41) is 13.8.